The zero-order chi connectivity index (χ0) is 16.2. The van der Waals surface area contributed by atoms with E-state index in [1.54, 1.807) is 6.07 Å². The smallest absolute Gasteiger partial charge is 0.146 e. The largest absolute Gasteiger partial charge is 0.391 e. The van der Waals surface area contributed by atoms with Crippen LogP contribution in [0.15, 0.2) is 23.4 Å². The van der Waals surface area contributed by atoms with Crippen LogP contribution in [0.5, 0.6) is 0 Å². The first-order chi connectivity index (χ1) is 10.4. The highest BCUT2D eigenvalue weighted by atomic mass is 19.1. The molecular formula is C17H25FN2O2. The van der Waals surface area contributed by atoms with Gasteiger partial charge >= 0.3 is 0 Å². The zero-order valence-corrected chi connectivity index (χ0v) is 13.9. The third kappa shape index (κ3) is 4.44. The molecule has 0 aliphatic carbocycles. The topological polar surface area (TPSA) is 34.1 Å². The number of oxime groups is 1. The molecule has 1 aromatic rings. The van der Waals surface area contributed by atoms with Crippen LogP contribution in [0.3, 0.4) is 0 Å². The van der Waals surface area contributed by atoms with Crippen LogP contribution in [0.2, 0.25) is 0 Å². The van der Waals surface area contributed by atoms with Gasteiger partial charge in [0, 0.05) is 18.5 Å². The molecule has 0 N–H and O–H groups in total. The number of benzene rings is 1. The minimum atomic E-state index is -0.223. The number of rotatable bonds is 4. The summed E-state index contributed by atoms with van der Waals surface area (Å²) in [6.07, 6.45) is 0. The number of hydrogen-bond acceptors (Lipinski definition) is 4. The molecule has 0 aromatic heterocycles. The first kappa shape index (κ1) is 16.7. The summed E-state index contributed by atoms with van der Waals surface area (Å²) >= 11 is 0. The number of ether oxygens (including phenoxy) is 1. The highest BCUT2D eigenvalue weighted by Crippen LogP contribution is 2.22. The van der Waals surface area contributed by atoms with Gasteiger partial charge < -0.3 is 14.5 Å². The molecule has 1 fully saturated rings. The molecule has 22 heavy (non-hydrogen) atoms. The van der Waals surface area contributed by atoms with E-state index in [-0.39, 0.29) is 17.8 Å². The molecule has 0 unspecified atom stereocenters. The lowest BCUT2D eigenvalue weighted by molar-refractivity contribution is 0.122. The maximum atomic E-state index is 14.2. The molecule has 1 aromatic carbocycles. The minimum Gasteiger partial charge on any atom is -0.391 e. The molecule has 5 heteroatoms. The fourth-order valence-corrected chi connectivity index (χ4v) is 2.04. The average molecular weight is 308 g/mol. The van der Waals surface area contributed by atoms with Gasteiger partial charge in [-0.15, -0.1) is 0 Å². The number of morpholine rings is 1. The van der Waals surface area contributed by atoms with Gasteiger partial charge in [0.2, 0.25) is 0 Å². The minimum absolute atomic E-state index is 0.0224. The first-order valence-corrected chi connectivity index (χ1v) is 7.66. The van der Waals surface area contributed by atoms with Crippen LogP contribution >= 0.6 is 0 Å². The van der Waals surface area contributed by atoms with Crippen LogP contribution in [0.4, 0.5) is 10.1 Å². The first-order valence-electron chi connectivity index (χ1n) is 7.66. The van der Waals surface area contributed by atoms with Crippen molar-refractivity contribution in [1.29, 1.82) is 0 Å². The lowest BCUT2D eigenvalue weighted by Gasteiger charge is -2.29. The quantitative estimate of drug-likeness (QED) is 0.629. The van der Waals surface area contributed by atoms with Crippen molar-refractivity contribution >= 4 is 11.4 Å². The van der Waals surface area contributed by atoms with Gasteiger partial charge in [-0.1, -0.05) is 32.0 Å². The average Bonchev–Trinajstić information content (AvgIpc) is 2.47. The lowest BCUT2D eigenvalue weighted by atomic mass is 9.91. The highest BCUT2D eigenvalue weighted by Gasteiger charge is 2.16. The summed E-state index contributed by atoms with van der Waals surface area (Å²) in [4.78, 5) is 7.34. The zero-order valence-electron chi connectivity index (χ0n) is 13.9. The van der Waals surface area contributed by atoms with Crippen LogP contribution in [0.25, 0.3) is 0 Å². The van der Waals surface area contributed by atoms with E-state index in [9.17, 15) is 4.39 Å². The van der Waals surface area contributed by atoms with E-state index in [4.69, 9.17) is 9.57 Å². The van der Waals surface area contributed by atoms with E-state index in [1.165, 1.54) is 6.07 Å². The molecule has 0 saturated carbocycles. The van der Waals surface area contributed by atoms with E-state index >= 15 is 0 Å². The monoisotopic (exact) mass is 308 g/mol. The van der Waals surface area contributed by atoms with Crippen LogP contribution in [0.1, 0.15) is 33.3 Å². The van der Waals surface area contributed by atoms with E-state index in [1.807, 2.05) is 17.9 Å². The Balaban J connectivity index is 1.97. The molecule has 0 radical (unpaired) electrons. The Morgan fingerprint density at radius 3 is 2.59 bits per heavy atom. The van der Waals surface area contributed by atoms with Crippen LogP contribution in [0, 0.1) is 11.2 Å². The maximum absolute atomic E-state index is 14.2. The van der Waals surface area contributed by atoms with Gasteiger partial charge in [0.05, 0.1) is 24.6 Å². The van der Waals surface area contributed by atoms with Crippen molar-refractivity contribution in [3.8, 4) is 0 Å². The van der Waals surface area contributed by atoms with Gasteiger partial charge in [-0.05, 0) is 24.6 Å². The molecule has 122 valence electrons. The third-order valence-corrected chi connectivity index (χ3v) is 3.88. The van der Waals surface area contributed by atoms with Crippen molar-refractivity contribution in [2.45, 2.75) is 34.3 Å². The van der Waals surface area contributed by atoms with Crippen molar-refractivity contribution < 1.29 is 14.0 Å². The van der Waals surface area contributed by atoms with Crippen molar-refractivity contribution in [3.63, 3.8) is 0 Å². The summed E-state index contributed by atoms with van der Waals surface area (Å²) < 4.78 is 19.5. The van der Waals surface area contributed by atoms with Gasteiger partial charge in [-0.3, -0.25) is 0 Å². The normalized spacial score (nSPS) is 16.8. The summed E-state index contributed by atoms with van der Waals surface area (Å²) in [6.45, 7) is 11.2. The molecule has 2 rings (SSSR count). The van der Waals surface area contributed by atoms with Gasteiger partial charge in [0.1, 0.15) is 12.4 Å². The molecule has 4 nitrogen and oxygen atoms in total. The summed E-state index contributed by atoms with van der Waals surface area (Å²) in [5.41, 5.74) is 2.30. The van der Waals surface area contributed by atoms with E-state index < -0.39 is 0 Å². The number of halogens is 1. The van der Waals surface area contributed by atoms with Crippen molar-refractivity contribution in [2.75, 3.05) is 31.2 Å². The fourth-order valence-electron chi connectivity index (χ4n) is 2.04. The number of nitrogens with zero attached hydrogens (tertiary/aromatic N) is 2. The lowest BCUT2D eigenvalue weighted by Crippen LogP contribution is -2.36. The van der Waals surface area contributed by atoms with Crippen molar-refractivity contribution in [2.24, 2.45) is 10.6 Å². The SMILES string of the molecule is C/C(=N\OCc1ccc(N2CCOCC2)c(F)c1)C(C)(C)C. The van der Waals surface area contributed by atoms with E-state index in [0.29, 0.717) is 18.9 Å². The summed E-state index contributed by atoms with van der Waals surface area (Å²) in [6, 6.07) is 5.21. The Labute approximate surface area is 131 Å². The van der Waals surface area contributed by atoms with Crippen molar-refractivity contribution in [3.05, 3.63) is 29.6 Å². The Hall–Kier alpha value is -1.62. The molecular weight excluding hydrogens is 283 g/mol. The Morgan fingerprint density at radius 2 is 2.00 bits per heavy atom. The van der Waals surface area contributed by atoms with Crippen LogP contribution in [-0.2, 0) is 16.2 Å². The molecule has 0 bridgehead atoms. The van der Waals surface area contributed by atoms with E-state index in [0.717, 1.165) is 24.4 Å². The fraction of sp³-hybridized carbons (Fsp3) is 0.588. The molecule has 1 aliphatic rings. The van der Waals surface area contributed by atoms with Crippen molar-refractivity contribution in [1.82, 2.24) is 0 Å². The summed E-state index contributed by atoms with van der Waals surface area (Å²) in [7, 11) is 0. The molecule has 0 spiro atoms. The molecule has 1 saturated heterocycles. The standard InChI is InChI=1S/C17H25FN2O2/c1-13(17(2,3)4)19-22-12-14-5-6-16(15(18)11-14)20-7-9-21-10-8-20/h5-6,11H,7-10,12H2,1-4H3/b19-13+. The Bertz CT molecular complexity index is 532. The van der Waals surface area contributed by atoms with E-state index in [2.05, 4.69) is 25.9 Å². The predicted molar refractivity (Wildman–Crippen MR) is 86.8 cm³/mol. The molecule has 0 atom stereocenters. The molecule has 1 aliphatic heterocycles. The van der Waals surface area contributed by atoms with Gasteiger partial charge in [-0.2, -0.15) is 0 Å². The Kier molecular flexibility index (Phi) is 5.40. The number of anilines is 1. The molecule has 1 heterocycles. The highest BCUT2D eigenvalue weighted by molar-refractivity contribution is 5.86. The summed E-state index contributed by atoms with van der Waals surface area (Å²) in [5.74, 6) is -0.223. The second-order valence-electron chi connectivity index (χ2n) is 6.59. The second-order valence-corrected chi connectivity index (χ2v) is 6.59. The number of hydrogen-bond donors (Lipinski definition) is 0. The van der Waals surface area contributed by atoms with Gasteiger partial charge in [0.25, 0.3) is 0 Å². The van der Waals surface area contributed by atoms with Gasteiger partial charge in [0.15, 0.2) is 0 Å². The third-order valence-electron chi connectivity index (χ3n) is 3.88. The Morgan fingerprint density at radius 1 is 1.32 bits per heavy atom. The molecule has 0 amide bonds. The van der Waals surface area contributed by atoms with Crippen LogP contribution in [-0.4, -0.2) is 32.0 Å². The van der Waals surface area contributed by atoms with Crippen LogP contribution < -0.4 is 4.90 Å². The maximum Gasteiger partial charge on any atom is 0.146 e. The van der Waals surface area contributed by atoms with Gasteiger partial charge in [-0.25, -0.2) is 4.39 Å². The predicted octanol–water partition coefficient (Wildman–Crippen LogP) is 3.60. The second kappa shape index (κ2) is 7.09. The summed E-state index contributed by atoms with van der Waals surface area (Å²) in [5, 5.41) is 4.10.